The van der Waals surface area contributed by atoms with Crippen LogP contribution in [0.4, 0.5) is 5.69 Å². The summed E-state index contributed by atoms with van der Waals surface area (Å²) < 4.78 is 5.49. The summed E-state index contributed by atoms with van der Waals surface area (Å²) in [6, 6.07) is 5.69. The molecule has 1 aromatic rings. The number of carbonyl (C=O) groups is 1. The standard InChI is InChI=1S/C11H13NO3/c1-7-2-3-9-10(4-7)15-6-8(12-9)5-11(13)14/h2-4,8,12H,5-6H2,1H3,(H,13,14). The predicted molar refractivity (Wildman–Crippen MR) is 56.3 cm³/mol. The molecule has 2 rings (SSSR count). The number of carboxylic acid groups (broad SMARTS) is 1. The third-order valence-corrected chi connectivity index (χ3v) is 2.36. The number of carboxylic acids is 1. The molecule has 2 N–H and O–H groups in total. The Morgan fingerprint density at radius 3 is 3.20 bits per heavy atom. The van der Waals surface area contributed by atoms with Gasteiger partial charge in [-0.3, -0.25) is 4.79 Å². The van der Waals surface area contributed by atoms with Crippen LogP contribution < -0.4 is 10.1 Å². The van der Waals surface area contributed by atoms with Gasteiger partial charge >= 0.3 is 5.97 Å². The average Bonchev–Trinajstić information content (AvgIpc) is 2.17. The second-order valence-electron chi connectivity index (χ2n) is 3.75. The number of ether oxygens (including phenoxy) is 1. The van der Waals surface area contributed by atoms with E-state index in [1.165, 1.54) is 0 Å². The zero-order valence-electron chi connectivity index (χ0n) is 8.49. The van der Waals surface area contributed by atoms with Crippen LogP contribution in [0.5, 0.6) is 5.75 Å². The van der Waals surface area contributed by atoms with E-state index in [4.69, 9.17) is 9.84 Å². The van der Waals surface area contributed by atoms with E-state index in [-0.39, 0.29) is 12.5 Å². The van der Waals surface area contributed by atoms with Crippen LogP contribution in [0, 0.1) is 6.92 Å². The van der Waals surface area contributed by atoms with E-state index in [1.807, 2.05) is 25.1 Å². The normalized spacial score (nSPS) is 18.6. The van der Waals surface area contributed by atoms with Gasteiger partial charge in [-0.2, -0.15) is 0 Å². The van der Waals surface area contributed by atoms with E-state index in [2.05, 4.69) is 5.32 Å². The van der Waals surface area contributed by atoms with Gasteiger partial charge < -0.3 is 15.2 Å². The summed E-state index contributed by atoms with van der Waals surface area (Å²) in [4.78, 5) is 10.5. The largest absolute Gasteiger partial charge is 0.489 e. The van der Waals surface area contributed by atoms with Crippen LogP contribution in [-0.4, -0.2) is 23.7 Å². The van der Waals surface area contributed by atoms with Crippen LogP contribution in [0.3, 0.4) is 0 Å². The fraction of sp³-hybridized carbons (Fsp3) is 0.364. The molecule has 0 spiro atoms. The fourth-order valence-electron chi connectivity index (χ4n) is 1.64. The van der Waals surface area contributed by atoms with Gasteiger partial charge in [0.25, 0.3) is 0 Å². The molecule has 80 valence electrons. The van der Waals surface area contributed by atoms with Crippen LogP contribution in [0.25, 0.3) is 0 Å². The number of benzene rings is 1. The van der Waals surface area contributed by atoms with Gasteiger partial charge in [0, 0.05) is 0 Å². The molecule has 0 fully saturated rings. The molecular weight excluding hydrogens is 194 g/mol. The van der Waals surface area contributed by atoms with Crippen molar-refractivity contribution in [3.05, 3.63) is 23.8 Å². The molecule has 1 heterocycles. The Balaban J connectivity index is 2.13. The smallest absolute Gasteiger partial charge is 0.305 e. The number of anilines is 1. The number of hydrogen-bond acceptors (Lipinski definition) is 3. The lowest BCUT2D eigenvalue weighted by Crippen LogP contribution is -2.33. The van der Waals surface area contributed by atoms with E-state index in [1.54, 1.807) is 0 Å². The van der Waals surface area contributed by atoms with E-state index in [9.17, 15) is 4.79 Å². The molecule has 1 aliphatic heterocycles. The van der Waals surface area contributed by atoms with Gasteiger partial charge in [-0.25, -0.2) is 0 Å². The molecule has 15 heavy (non-hydrogen) atoms. The van der Waals surface area contributed by atoms with E-state index in [0.29, 0.717) is 6.61 Å². The van der Waals surface area contributed by atoms with Crippen molar-refractivity contribution in [3.63, 3.8) is 0 Å². The molecule has 0 saturated carbocycles. The third kappa shape index (κ3) is 2.21. The maximum Gasteiger partial charge on any atom is 0.305 e. The Kier molecular flexibility index (Phi) is 2.49. The highest BCUT2D eigenvalue weighted by Gasteiger charge is 2.20. The summed E-state index contributed by atoms with van der Waals surface area (Å²) in [5.74, 6) is -0.0108. The van der Waals surface area contributed by atoms with Crippen molar-refractivity contribution in [1.82, 2.24) is 0 Å². The van der Waals surface area contributed by atoms with Crippen molar-refractivity contribution < 1.29 is 14.6 Å². The van der Waals surface area contributed by atoms with Crippen molar-refractivity contribution in [1.29, 1.82) is 0 Å². The van der Waals surface area contributed by atoms with E-state index >= 15 is 0 Å². The molecule has 4 heteroatoms. The van der Waals surface area contributed by atoms with Gasteiger partial charge in [-0.15, -0.1) is 0 Å². The van der Waals surface area contributed by atoms with Crippen molar-refractivity contribution in [2.75, 3.05) is 11.9 Å². The minimum atomic E-state index is -0.813. The van der Waals surface area contributed by atoms with Crippen LogP contribution >= 0.6 is 0 Å². The quantitative estimate of drug-likeness (QED) is 0.774. The number of aliphatic carboxylic acids is 1. The summed E-state index contributed by atoms with van der Waals surface area (Å²) in [5, 5.41) is 11.8. The van der Waals surface area contributed by atoms with Crippen LogP contribution in [0.15, 0.2) is 18.2 Å². The molecule has 0 aliphatic carbocycles. The predicted octanol–water partition coefficient (Wildman–Crippen LogP) is 1.64. The minimum absolute atomic E-state index is 0.0767. The summed E-state index contributed by atoms with van der Waals surface area (Å²) in [6.07, 6.45) is 0.0767. The first-order chi connectivity index (χ1) is 7.15. The lowest BCUT2D eigenvalue weighted by atomic mass is 10.1. The van der Waals surface area contributed by atoms with Crippen LogP contribution in [-0.2, 0) is 4.79 Å². The fourth-order valence-corrected chi connectivity index (χ4v) is 1.64. The lowest BCUT2D eigenvalue weighted by molar-refractivity contribution is -0.137. The summed E-state index contributed by atoms with van der Waals surface area (Å²) in [5.41, 5.74) is 2.00. The van der Waals surface area contributed by atoms with Crippen molar-refractivity contribution in [2.24, 2.45) is 0 Å². The SMILES string of the molecule is Cc1ccc2c(c1)OCC(CC(=O)O)N2. The minimum Gasteiger partial charge on any atom is -0.489 e. The first-order valence-electron chi connectivity index (χ1n) is 4.87. The van der Waals surface area contributed by atoms with Gasteiger partial charge in [-0.1, -0.05) is 6.07 Å². The summed E-state index contributed by atoms with van der Waals surface area (Å²) in [7, 11) is 0. The van der Waals surface area contributed by atoms with Gasteiger partial charge in [0.15, 0.2) is 0 Å². The first-order valence-corrected chi connectivity index (χ1v) is 4.87. The molecule has 0 amide bonds. The first kappa shape index (κ1) is 9.83. The van der Waals surface area contributed by atoms with Crippen molar-refractivity contribution in [2.45, 2.75) is 19.4 Å². The van der Waals surface area contributed by atoms with E-state index < -0.39 is 5.97 Å². The van der Waals surface area contributed by atoms with E-state index in [0.717, 1.165) is 17.0 Å². The Bertz CT molecular complexity index is 389. The highest BCUT2D eigenvalue weighted by molar-refractivity contribution is 5.69. The second-order valence-corrected chi connectivity index (χ2v) is 3.75. The lowest BCUT2D eigenvalue weighted by Gasteiger charge is -2.26. The molecule has 1 atom stereocenters. The highest BCUT2D eigenvalue weighted by Crippen LogP contribution is 2.30. The zero-order valence-corrected chi connectivity index (χ0v) is 8.49. The Morgan fingerprint density at radius 2 is 2.47 bits per heavy atom. The van der Waals surface area contributed by atoms with Gasteiger partial charge in [0.2, 0.25) is 0 Å². The third-order valence-electron chi connectivity index (χ3n) is 2.36. The number of aryl methyl sites for hydroxylation is 1. The number of hydrogen-bond donors (Lipinski definition) is 2. The average molecular weight is 207 g/mol. The molecule has 0 bridgehead atoms. The Hall–Kier alpha value is -1.71. The Morgan fingerprint density at radius 1 is 1.67 bits per heavy atom. The van der Waals surface area contributed by atoms with Gasteiger partial charge in [-0.05, 0) is 24.6 Å². The van der Waals surface area contributed by atoms with Crippen LogP contribution in [0.2, 0.25) is 0 Å². The number of fused-ring (bicyclic) bond motifs is 1. The van der Waals surface area contributed by atoms with Crippen molar-refractivity contribution in [3.8, 4) is 5.75 Å². The molecular formula is C11H13NO3. The summed E-state index contributed by atoms with van der Waals surface area (Å²) >= 11 is 0. The maximum absolute atomic E-state index is 10.5. The van der Waals surface area contributed by atoms with Crippen LogP contribution in [0.1, 0.15) is 12.0 Å². The van der Waals surface area contributed by atoms with Crippen molar-refractivity contribution >= 4 is 11.7 Å². The monoisotopic (exact) mass is 207 g/mol. The summed E-state index contributed by atoms with van der Waals surface area (Å²) in [6.45, 7) is 2.40. The molecule has 0 saturated heterocycles. The molecule has 1 unspecified atom stereocenters. The maximum atomic E-state index is 10.5. The second kappa shape index (κ2) is 3.81. The molecule has 4 nitrogen and oxygen atoms in total. The molecule has 1 aliphatic rings. The molecule has 1 aromatic carbocycles. The molecule has 0 aromatic heterocycles. The van der Waals surface area contributed by atoms with Gasteiger partial charge in [0.05, 0.1) is 18.2 Å². The molecule has 0 radical (unpaired) electrons. The number of nitrogens with one attached hydrogen (secondary N) is 1. The highest BCUT2D eigenvalue weighted by atomic mass is 16.5. The topological polar surface area (TPSA) is 58.6 Å². The number of rotatable bonds is 2. The Labute approximate surface area is 87.9 Å². The zero-order chi connectivity index (χ0) is 10.8. The van der Waals surface area contributed by atoms with Gasteiger partial charge in [0.1, 0.15) is 12.4 Å².